The van der Waals surface area contributed by atoms with Crippen molar-refractivity contribution < 1.29 is 9.90 Å². The van der Waals surface area contributed by atoms with Gasteiger partial charge in [0.1, 0.15) is 0 Å². The standard InChI is InChI=1S/C26H29N3O3/c1-27(26(32)22-7-5-21(19-30)6-8-22)18-20-13-16-28(17-14-20)23-9-11-24(12-10-23)29-15-3-2-4-25(29)31/h2-12,15,20,30H,13-14,16-19H2,1H3. The zero-order valence-electron chi connectivity index (χ0n) is 18.4. The monoisotopic (exact) mass is 431 g/mol. The Labute approximate surface area is 188 Å². The van der Waals surface area contributed by atoms with Crippen LogP contribution in [0.1, 0.15) is 28.8 Å². The Morgan fingerprint density at radius 3 is 2.25 bits per heavy atom. The molecule has 0 unspecified atom stereocenters. The normalized spacial score (nSPS) is 14.4. The molecule has 3 aromatic rings. The van der Waals surface area contributed by atoms with Crippen LogP contribution in [0.4, 0.5) is 5.69 Å². The zero-order chi connectivity index (χ0) is 22.5. The molecule has 1 aromatic heterocycles. The molecule has 0 saturated carbocycles. The molecule has 4 rings (SSSR count). The molecule has 1 saturated heterocycles. The van der Waals surface area contributed by atoms with E-state index in [-0.39, 0.29) is 18.1 Å². The molecular weight excluding hydrogens is 402 g/mol. The number of anilines is 1. The largest absolute Gasteiger partial charge is 0.392 e. The van der Waals surface area contributed by atoms with Gasteiger partial charge >= 0.3 is 0 Å². The maximum atomic E-state index is 12.7. The molecule has 1 fully saturated rings. The molecule has 0 radical (unpaired) electrons. The van der Waals surface area contributed by atoms with Crippen LogP contribution in [-0.2, 0) is 6.61 Å². The Morgan fingerprint density at radius 1 is 0.969 bits per heavy atom. The molecule has 2 heterocycles. The van der Waals surface area contributed by atoms with Crippen molar-refractivity contribution in [2.75, 3.05) is 31.6 Å². The molecular formula is C26H29N3O3. The quantitative estimate of drug-likeness (QED) is 0.650. The summed E-state index contributed by atoms with van der Waals surface area (Å²) in [7, 11) is 1.86. The fraction of sp³-hybridized carbons (Fsp3) is 0.308. The maximum Gasteiger partial charge on any atom is 0.255 e. The number of carbonyl (C=O) groups is 1. The summed E-state index contributed by atoms with van der Waals surface area (Å²) in [5.41, 5.74) is 3.44. The first-order chi connectivity index (χ1) is 15.5. The molecule has 0 spiro atoms. The SMILES string of the molecule is CN(CC1CCN(c2ccc(-n3ccccc3=O)cc2)CC1)C(=O)c1ccc(CO)cc1. The van der Waals surface area contributed by atoms with Crippen LogP contribution in [0.25, 0.3) is 5.69 Å². The van der Waals surface area contributed by atoms with E-state index < -0.39 is 0 Å². The highest BCUT2D eigenvalue weighted by Crippen LogP contribution is 2.25. The Hall–Kier alpha value is -3.38. The van der Waals surface area contributed by atoms with Crippen molar-refractivity contribution in [3.05, 3.63) is 94.4 Å². The van der Waals surface area contributed by atoms with Gasteiger partial charge in [-0.05, 0) is 66.8 Å². The molecule has 2 aromatic carbocycles. The van der Waals surface area contributed by atoms with Gasteiger partial charge in [0.15, 0.2) is 0 Å². The first kappa shape index (κ1) is 21.8. The summed E-state index contributed by atoms with van der Waals surface area (Å²) in [6, 6.07) is 20.4. The number of benzene rings is 2. The number of aromatic nitrogens is 1. The highest BCUT2D eigenvalue weighted by Gasteiger charge is 2.23. The van der Waals surface area contributed by atoms with Gasteiger partial charge in [-0.15, -0.1) is 0 Å². The first-order valence-corrected chi connectivity index (χ1v) is 11.0. The second-order valence-corrected chi connectivity index (χ2v) is 8.40. The number of hydrogen-bond acceptors (Lipinski definition) is 4. The smallest absolute Gasteiger partial charge is 0.255 e. The average Bonchev–Trinajstić information content (AvgIpc) is 2.84. The maximum absolute atomic E-state index is 12.7. The number of aliphatic hydroxyl groups excluding tert-OH is 1. The van der Waals surface area contributed by atoms with Gasteiger partial charge in [0.25, 0.3) is 11.5 Å². The minimum absolute atomic E-state index is 0.0173. The average molecular weight is 432 g/mol. The van der Waals surface area contributed by atoms with Crippen LogP contribution >= 0.6 is 0 Å². The predicted molar refractivity (Wildman–Crippen MR) is 126 cm³/mol. The van der Waals surface area contributed by atoms with Crippen LogP contribution in [0.15, 0.2) is 77.7 Å². The first-order valence-electron chi connectivity index (χ1n) is 11.0. The summed E-state index contributed by atoms with van der Waals surface area (Å²) in [5.74, 6) is 0.489. The highest BCUT2D eigenvalue weighted by atomic mass is 16.3. The van der Waals surface area contributed by atoms with E-state index >= 15 is 0 Å². The summed E-state index contributed by atoms with van der Waals surface area (Å²) in [6.45, 7) is 2.62. The molecule has 6 nitrogen and oxygen atoms in total. The summed E-state index contributed by atoms with van der Waals surface area (Å²) in [4.78, 5) is 28.9. The predicted octanol–water partition coefficient (Wildman–Crippen LogP) is 3.32. The third-order valence-electron chi connectivity index (χ3n) is 6.19. The van der Waals surface area contributed by atoms with Crippen molar-refractivity contribution in [2.24, 2.45) is 5.92 Å². The molecule has 1 aliphatic rings. The molecule has 1 amide bonds. The lowest BCUT2D eigenvalue weighted by molar-refractivity contribution is 0.0765. The number of pyridine rings is 1. The number of piperidine rings is 1. The van der Waals surface area contributed by atoms with E-state index in [1.54, 1.807) is 52.1 Å². The van der Waals surface area contributed by atoms with Crippen LogP contribution in [0.5, 0.6) is 0 Å². The molecule has 6 heteroatoms. The Kier molecular flexibility index (Phi) is 6.71. The fourth-order valence-corrected chi connectivity index (χ4v) is 4.28. The van der Waals surface area contributed by atoms with Crippen molar-refractivity contribution in [2.45, 2.75) is 19.4 Å². The molecule has 32 heavy (non-hydrogen) atoms. The van der Waals surface area contributed by atoms with E-state index in [0.29, 0.717) is 11.5 Å². The van der Waals surface area contributed by atoms with Crippen LogP contribution in [0, 0.1) is 5.92 Å². The third-order valence-corrected chi connectivity index (χ3v) is 6.19. The van der Waals surface area contributed by atoms with Gasteiger partial charge in [0, 0.05) is 55.9 Å². The molecule has 1 N–H and O–H groups in total. The van der Waals surface area contributed by atoms with Gasteiger partial charge in [0.2, 0.25) is 0 Å². The number of amides is 1. The molecule has 166 valence electrons. The summed E-state index contributed by atoms with van der Waals surface area (Å²) < 4.78 is 1.64. The van der Waals surface area contributed by atoms with E-state index in [2.05, 4.69) is 17.0 Å². The van der Waals surface area contributed by atoms with Gasteiger partial charge in [-0.2, -0.15) is 0 Å². The van der Waals surface area contributed by atoms with E-state index in [0.717, 1.165) is 49.4 Å². The third kappa shape index (κ3) is 4.92. The van der Waals surface area contributed by atoms with Gasteiger partial charge in [-0.1, -0.05) is 18.2 Å². The second kappa shape index (κ2) is 9.83. The number of carbonyl (C=O) groups excluding carboxylic acids is 1. The lowest BCUT2D eigenvalue weighted by atomic mass is 9.95. The van der Waals surface area contributed by atoms with Crippen LogP contribution < -0.4 is 10.5 Å². The Balaban J connectivity index is 1.31. The number of hydrogen-bond donors (Lipinski definition) is 1. The van der Waals surface area contributed by atoms with Crippen molar-refractivity contribution >= 4 is 11.6 Å². The molecule has 0 aliphatic carbocycles. The van der Waals surface area contributed by atoms with E-state index in [1.807, 2.05) is 25.2 Å². The summed E-state index contributed by atoms with van der Waals surface area (Å²) in [5, 5.41) is 9.16. The van der Waals surface area contributed by atoms with Gasteiger partial charge in [-0.25, -0.2) is 0 Å². The number of rotatable bonds is 6. The van der Waals surface area contributed by atoms with Crippen molar-refractivity contribution in [1.82, 2.24) is 9.47 Å². The number of aliphatic hydroxyl groups is 1. The van der Waals surface area contributed by atoms with Gasteiger partial charge in [0.05, 0.1) is 6.61 Å². The Morgan fingerprint density at radius 2 is 1.62 bits per heavy atom. The lowest BCUT2D eigenvalue weighted by Gasteiger charge is -2.35. The van der Waals surface area contributed by atoms with E-state index in [4.69, 9.17) is 5.11 Å². The van der Waals surface area contributed by atoms with E-state index in [1.165, 1.54) is 0 Å². The minimum atomic E-state index is -0.0379. The lowest BCUT2D eigenvalue weighted by Crippen LogP contribution is -2.39. The van der Waals surface area contributed by atoms with Crippen LogP contribution in [0.3, 0.4) is 0 Å². The van der Waals surface area contributed by atoms with Crippen molar-refractivity contribution in [1.29, 1.82) is 0 Å². The van der Waals surface area contributed by atoms with E-state index in [9.17, 15) is 9.59 Å². The zero-order valence-corrected chi connectivity index (χ0v) is 18.4. The van der Waals surface area contributed by atoms with Crippen LogP contribution in [0.2, 0.25) is 0 Å². The van der Waals surface area contributed by atoms with Crippen LogP contribution in [-0.4, -0.2) is 47.2 Å². The van der Waals surface area contributed by atoms with Crippen molar-refractivity contribution in [3.8, 4) is 5.69 Å². The van der Waals surface area contributed by atoms with Gasteiger partial charge < -0.3 is 14.9 Å². The summed E-state index contributed by atoms with van der Waals surface area (Å²) >= 11 is 0. The topological polar surface area (TPSA) is 65.8 Å². The highest BCUT2D eigenvalue weighted by molar-refractivity contribution is 5.94. The molecule has 1 aliphatic heterocycles. The van der Waals surface area contributed by atoms with Gasteiger partial charge in [-0.3, -0.25) is 14.2 Å². The molecule has 0 atom stereocenters. The Bertz CT molecular complexity index is 1100. The van der Waals surface area contributed by atoms with Crippen molar-refractivity contribution in [3.63, 3.8) is 0 Å². The molecule has 0 bridgehead atoms. The fourth-order valence-electron chi connectivity index (χ4n) is 4.28. The second-order valence-electron chi connectivity index (χ2n) is 8.40. The number of nitrogens with zero attached hydrogens (tertiary/aromatic N) is 3. The minimum Gasteiger partial charge on any atom is -0.392 e. The summed E-state index contributed by atoms with van der Waals surface area (Å²) in [6.07, 6.45) is 3.84.